The van der Waals surface area contributed by atoms with Crippen LogP contribution in [0.1, 0.15) is 86.7 Å². The Morgan fingerprint density at radius 3 is 2.68 bits per heavy atom. The van der Waals surface area contributed by atoms with Gasteiger partial charge in [-0.25, -0.2) is 4.21 Å². The minimum atomic E-state index is -2.94. The van der Waals surface area contributed by atoms with Crippen molar-refractivity contribution in [2.45, 2.75) is 87.9 Å². The number of carbonyl (C=O) groups excluding carboxylic acids is 1. The summed E-state index contributed by atoms with van der Waals surface area (Å²) in [6.07, 6.45) is 8.62. The number of fused-ring (bicyclic) bond motifs is 4. The van der Waals surface area contributed by atoms with Gasteiger partial charge in [-0.05, 0) is 144 Å². The Morgan fingerprint density at radius 2 is 1.88 bits per heavy atom. The van der Waals surface area contributed by atoms with Crippen LogP contribution in [-0.4, -0.2) is 101 Å². The molecule has 7 rings (SSSR count). The lowest BCUT2D eigenvalue weighted by Gasteiger charge is -2.51. The first-order chi connectivity index (χ1) is 23.9. The van der Waals surface area contributed by atoms with Crippen LogP contribution in [0.2, 0.25) is 5.02 Å². The molecule has 5 aliphatic rings. The maximum absolute atomic E-state index is 14.0. The molecule has 1 saturated carbocycles. The van der Waals surface area contributed by atoms with Gasteiger partial charge in [-0.2, -0.15) is 0 Å². The molecule has 0 radical (unpaired) electrons. The summed E-state index contributed by atoms with van der Waals surface area (Å²) in [4.78, 5) is 21.1. The molecule has 274 valence electrons. The number of halogens is 1. The van der Waals surface area contributed by atoms with Crippen molar-refractivity contribution in [3.8, 4) is 5.75 Å². The lowest BCUT2D eigenvalue weighted by molar-refractivity contribution is -0.105. The van der Waals surface area contributed by atoms with Gasteiger partial charge in [0.25, 0.3) is 5.91 Å². The van der Waals surface area contributed by atoms with Crippen LogP contribution in [0.3, 0.4) is 0 Å². The van der Waals surface area contributed by atoms with Crippen molar-refractivity contribution in [2.24, 2.45) is 17.8 Å². The van der Waals surface area contributed by atoms with E-state index in [1.165, 1.54) is 11.1 Å². The smallest absolute Gasteiger partial charge is 0.262 e. The van der Waals surface area contributed by atoms with Crippen molar-refractivity contribution in [2.75, 3.05) is 64.4 Å². The molecule has 7 atom stereocenters. The predicted octanol–water partition coefficient (Wildman–Crippen LogP) is 5.78. The quantitative estimate of drug-likeness (QED) is 0.381. The number of rotatable bonds is 2. The van der Waals surface area contributed by atoms with Gasteiger partial charge in [0, 0.05) is 54.0 Å². The van der Waals surface area contributed by atoms with Crippen molar-refractivity contribution in [1.29, 1.82) is 0 Å². The summed E-state index contributed by atoms with van der Waals surface area (Å²) >= 11 is 6.49. The van der Waals surface area contributed by atoms with E-state index in [2.05, 4.69) is 51.4 Å². The van der Waals surface area contributed by atoms with E-state index in [0.29, 0.717) is 31.1 Å². The zero-order chi connectivity index (χ0) is 35.3. The third-order valence-corrected chi connectivity index (χ3v) is 15.5. The number of benzene rings is 2. The summed E-state index contributed by atoms with van der Waals surface area (Å²) in [6, 6.07) is 11.9. The highest BCUT2D eigenvalue weighted by molar-refractivity contribution is 7.99. The van der Waals surface area contributed by atoms with E-state index in [1.54, 1.807) is 6.07 Å². The highest BCUT2D eigenvalue weighted by Crippen LogP contribution is 2.49. The Hall–Kier alpha value is -2.30. The van der Waals surface area contributed by atoms with Gasteiger partial charge in [0.15, 0.2) is 0 Å². The first-order valence-corrected chi connectivity index (χ1v) is 21.1. The molecule has 2 aromatic carbocycles. The van der Waals surface area contributed by atoms with Gasteiger partial charge in [-0.1, -0.05) is 31.0 Å². The van der Waals surface area contributed by atoms with E-state index in [1.807, 2.05) is 25.1 Å². The summed E-state index contributed by atoms with van der Waals surface area (Å²) < 4.78 is 23.5. The van der Waals surface area contributed by atoms with Gasteiger partial charge in [-0.15, -0.1) is 0 Å². The predicted molar refractivity (Wildman–Crippen MR) is 205 cm³/mol. The fourth-order valence-corrected chi connectivity index (χ4v) is 11.4. The number of anilines is 1. The second kappa shape index (κ2) is 14.3. The number of β-amino-alcohol motifs (C(OH)–C–C–N with tert-alkyl or cyclic N) is 1. The topological polar surface area (TPSA) is 85.3 Å². The lowest BCUT2D eigenvalue weighted by atomic mass is 9.62. The number of carbonyl (C=O) groups is 1. The number of aliphatic hydroxyl groups is 1. The minimum Gasteiger partial charge on any atom is -0.490 e. The number of nitrogens with zero attached hydrogens (tertiary/aromatic N) is 3. The van der Waals surface area contributed by atoms with Gasteiger partial charge in [-0.3, -0.25) is 14.4 Å². The second-order valence-corrected chi connectivity index (χ2v) is 19.3. The van der Waals surface area contributed by atoms with Crippen LogP contribution >= 0.6 is 11.6 Å². The lowest BCUT2D eigenvalue weighted by Crippen LogP contribution is -2.57. The number of hydrogen-bond donors (Lipinski definition) is 2. The van der Waals surface area contributed by atoms with Gasteiger partial charge >= 0.3 is 0 Å². The molecule has 2 aromatic rings. The standard InChI is InChI=1S/C40H57ClN4O4S/c1-28-8-5-17-40(47,26-44-19-7-18-43(3)20-21-44)35-13-10-32(35)24-45-25-39(16-6-9-30-22-33(41)12-14-34(30)39)27-49-37-15-11-31(23-36(37)45)38(46)42-50(4,48)29(28)2/h11-12,14-15,22-23,28-29,32,35,47H,4-10,13,16-21,24-27H2,1-3H3,(H,42,46,48)/t28-,29+,32-,35+,39-,40-,50?/m0/s1. The highest BCUT2D eigenvalue weighted by atomic mass is 35.5. The van der Waals surface area contributed by atoms with Crippen molar-refractivity contribution in [3.05, 3.63) is 58.1 Å². The monoisotopic (exact) mass is 724 g/mol. The van der Waals surface area contributed by atoms with E-state index < -0.39 is 15.3 Å². The molecule has 50 heavy (non-hydrogen) atoms. The van der Waals surface area contributed by atoms with Crippen molar-refractivity contribution < 1.29 is 18.8 Å². The molecule has 8 nitrogen and oxygen atoms in total. The zero-order valence-corrected chi connectivity index (χ0v) is 31.9. The second-order valence-electron chi connectivity index (χ2n) is 16.5. The molecule has 1 amide bonds. The van der Waals surface area contributed by atoms with Gasteiger partial charge in [0.1, 0.15) is 5.75 Å². The summed E-state index contributed by atoms with van der Waals surface area (Å²) in [5.74, 6) is 5.01. The Labute approximate surface area is 305 Å². The van der Waals surface area contributed by atoms with Gasteiger partial charge in [0.2, 0.25) is 0 Å². The average molecular weight is 725 g/mol. The summed E-state index contributed by atoms with van der Waals surface area (Å²) in [6.45, 7) is 10.9. The van der Waals surface area contributed by atoms with Crippen LogP contribution in [0, 0.1) is 17.8 Å². The number of likely N-dealkylation sites (N-methyl/N-ethyl adjacent to an activating group) is 1. The Balaban J connectivity index is 1.28. The van der Waals surface area contributed by atoms with E-state index in [-0.39, 0.29) is 28.4 Å². The van der Waals surface area contributed by atoms with E-state index >= 15 is 0 Å². The van der Waals surface area contributed by atoms with E-state index in [0.717, 1.165) is 107 Å². The Morgan fingerprint density at radius 1 is 1.04 bits per heavy atom. The summed E-state index contributed by atoms with van der Waals surface area (Å²) in [5.41, 5.74) is 2.90. The Kier molecular flexibility index (Phi) is 10.3. The normalized spacial score (nSPS) is 35.9. The number of ether oxygens (including phenoxy) is 1. The molecule has 2 bridgehead atoms. The molecule has 2 N–H and O–H groups in total. The Bertz CT molecular complexity index is 1690. The van der Waals surface area contributed by atoms with Crippen LogP contribution in [0.25, 0.3) is 0 Å². The minimum absolute atomic E-state index is 0.0712. The SMILES string of the molecule is C=S1(=O)NC(=O)c2ccc3c(c2)N(C[C@@H]2CC[C@H]2[C@@](O)(CN2CCCN(C)CC2)CCC[C@H](C)[C@H]1C)C[C@@]1(CCCc2cc(Cl)ccc21)CO3. The molecular weight excluding hydrogens is 668 g/mol. The number of amides is 1. The largest absolute Gasteiger partial charge is 0.490 e. The van der Waals surface area contributed by atoms with Crippen LogP contribution < -0.4 is 14.4 Å². The molecule has 1 unspecified atom stereocenters. The molecule has 3 heterocycles. The number of hydrogen-bond acceptors (Lipinski definition) is 7. The van der Waals surface area contributed by atoms with Crippen LogP contribution in [0.4, 0.5) is 5.69 Å². The maximum Gasteiger partial charge on any atom is 0.262 e. The third-order valence-electron chi connectivity index (χ3n) is 13.1. The van der Waals surface area contributed by atoms with Crippen LogP contribution in [0.15, 0.2) is 36.4 Å². The van der Waals surface area contributed by atoms with E-state index in [4.69, 9.17) is 16.3 Å². The molecule has 10 heteroatoms. The fourth-order valence-electron chi connectivity index (χ4n) is 9.71. The van der Waals surface area contributed by atoms with Crippen molar-refractivity contribution in [3.63, 3.8) is 0 Å². The maximum atomic E-state index is 14.0. The molecule has 1 spiro atoms. The first kappa shape index (κ1) is 36.1. The molecule has 3 aliphatic heterocycles. The summed E-state index contributed by atoms with van der Waals surface area (Å²) in [5, 5.41) is 13.3. The molecule has 1 saturated heterocycles. The number of nitrogens with one attached hydrogen (secondary N) is 1. The summed E-state index contributed by atoms with van der Waals surface area (Å²) in [7, 11) is -0.744. The van der Waals surface area contributed by atoms with Gasteiger partial charge in [0.05, 0.1) is 27.6 Å². The zero-order valence-electron chi connectivity index (χ0n) is 30.3. The van der Waals surface area contributed by atoms with Crippen molar-refractivity contribution >= 4 is 38.8 Å². The highest BCUT2D eigenvalue weighted by Gasteiger charge is 2.49. The van der Waals surface area contributed by atoms with Crippen LogP contribution in [0.5, 0.6) is 5.75 Å². The van der Waals surface area contributed by atoms with Gasteiger partial charge < -0.3 is 19.6 Å². The fraction of sp³-hybridized carbons (Fsp3) is 0.650. The average Bonchev–Trinajstić information content (AvgIpc) is 3.35. The molecule has 2 fully saturated rings. The number of aryl methyl sites for hydroxylation is 1. The van der Waals surface area contributed by atoms with Crippen LogP contribution in [-0.2, 0) is 21.5 Å². The molecule has 0 aromatic heterocycles. The first-order valence-electron chi connectivity index (χ1n) is 19.0. The van der Waals surface area contributed by atoms with E-state index in [9.17, 15) is 14.1 Å². The molecule has 2 aliphatic carbocycles. The third kappa shape index (κ3) is 7.19. The van der Waals surface area contributed by atoms with Crippen molar-refractivity contribution in [1.82, 2.24) is 14.5 Å². The molecular formula is C40H57ClN4O4S.